The smallest absolute Gasteiger partial charge is 0.0616 e. The van der Waals surface area contributed by atoms with E-state index >= 15 is 0 Å². The van der Waals surface area contributed by atoms with Crippen LogP contribution in [-0.2, 0) is 4.74 Å². The molecule has 0 bridgehead atoms. The van der Waals surface area contributed by atoms with Crippen molar-refractivity contribution in [3.63, 3.8) is 0 Å². The minimum Gasteiger partial charge on any atom is -0.378 e. The molecule has 0 aromatic carbocycles. The summed E-state index contributed by atoms with van der Waals surface area (Å²) in [5.74, 6) is 1.53. The fraction of sp³-hybridized carbons (Fsp3) is 1.00. The Balaban J connectivity index is 2.63. The van der Waals surface area contributed by atoms with Gasteiger partial charge in [-0.25, -0.2) is 0 Å². The van der Waals surface area contributed by atoms with Crippen molar-refractivity contribution >= 4 is 0 Å². The molecule has 0 aliphatic carbocycles. The summed E-state index contributed by atoms with van der Waals surface area (Å²) in [6.45, 7) is 7.80. The van der Waals surface area contributed by atoms with E-state index in [1.54, 1.807) is 0 Å². The van der Waals surface area contributed by atoms with Gasteiger partial charge in [0.15, 0.2) is 0 Å². The maximum Gasteiger partial charge on any atom is 0.0616 e. The van der Waals surface area contributed by atoms with Gasteiger partial charge >= 0.3 is 0 Å². The molecule has 1 heterocycles. The fourth-order valence-electron chi connectivity index (χ4n) is 3.09. The van der Waals surface area contributed by atoms with Gasteiger partial charge in [-0.15, -0.1) is 0 Å². The fourth-order valence-corrected chi connectivity index (χ4v) is 3.09. The van der Waals surface area contributed by atoms with E-state index < -0.39 is 0 Å². The Kier molecular flexibility index (Phi) is 5.62. The summed E-state index contributed by atoms with van der Waals surface area (Å²) in [4.78, 5) is 0. The molecule has 0 spiro atoms. The quantitative estimate of drug-likeness (QED) is 0.732. The number of hydrogen-bond donors (Lipinski definition) is 1. The van der Waals surface area contributed by atoms with E-state index in [9.17, 15) is 0 Å². The van der Waals surface area contributed by atoms with E-state index in [0.717, 1.165) is 24.9 Å². The van der Waals surface area contributed by atoms with Gasteiger partial charge in [0.05, 0.1) is 6.10 Å². The van der Waals surface area contributed by atoms with Crippen LogP contribution in [0.15, 0.2) is 0 Å². The Labute approximate surface area is 94.8 Å². The monoisotopic (exact) mass is 213 g/mol. The second-order valence-electron chi connectivity index (χ2n) is 4.66. The Morgan fingerprint density at radius 3 is 2.40 bits per heavy atom. The van der Waals surface area contributed by atoms with E-state index in [2.05, 4.69) is 33.1 Å². The highest BCUT2D eigenvalue weighted by molar-refractivity contribution is 4.88. The molecule has 0 radical (unpaired) electrons. The molecule has 1 rings (SSSR count). The summed E-state index contributed by atoms with van der Waals surface area (Å²) in [5, 5.41) is 3.53. The number of nitrogens with one attached hydrogen (secondary N) is 1. The lowest BCUT2D eigenvalue weighted by molar-refractivity contribution is 0.0695. The van der Waals surface area contributed by atoms with Gasteiger partial charge in [-0.3, -0.25) is 0 Å². The SMILES string of the molecule is CCC(CC)C(NC)C1CCOC1CC. The first-order valence-electron chi connectivity index (χ1n) is 6.57. The molecule has 0 saturated carbocycles. The first-order chi connectivity index (χ1) is 7.28. The van der Waals surface area contributed by atoms with Gasteiger partial charge in [0.2, 0.25) is 0 Å². The highest BCUT2D eigenvalue weighted by Crippen LogP contribution is 2.31. The second kappa shape index (κ2) is 6.49. The van der Waals surface area contributed by atoms with Crippen molar-refractivity contribution in [2.45, 2.75) is 58.6 Å². The standard InChI is InChI=1S/C13H27NO/c1-5-10(6-2)13(14-4)11-8-9-15-12(11)7-3/h10-14H,5-9H2,1-4H3. The van der Waals surface area contributed by atoms with Gasteiger partial charge in [0.25, 0.3) is 0 Å². The van der Waals surface area contributed by atoms with Crippen molar-refractivity contribution in [1.29, 1.82) is 0 Å². The zero-order valence-electron chi connectivity index (χ0n) is 10.8. The zero-order valence-corrected chi connectivity index (χ0v) is 10.8. The molecule has 1 aliphatic heterocycles. The summed E-state index contributed by atoms with van der Waals surface area (Å²) in [6, 6.07) is 0.646. The van der Waals surface area contributed by atoms with E-state index in [-0.39, 0.29) is 0 Å². The van der Waals surface area contributed by atoms with Crippen molar-refractivity contribution in [1.82, 2.24) is 5.32 Å². The van der Waals surface area contributed by atoms with Gasteiger partial charge in [0.1, 0.15) is 0 Å². The predicted octanol–water partition coefficient (Wildman–Crippen LogP) is 2.83. The molecule has 2 nitrogen and oxygen atoms in total. The van der Waals surface area contributed by atoms with Crippen LogP contribution >= 0.6 is 0 Å². The maximum absolute atomic E-state index is 5.80. The Bertz CT molecular complexity index is 168. The zero-order chi connectivity index (χ0) is 11.3. The summed E-state index contributed by atoms with van der Waals surface area (Å²) in [5.41, 5.74) is 0. The largest absolute Gasteiger partial charge is 0.378 e. The molecular weight excluding hydrogens is 186 g/mol. The molecule has 90 valence electrons. The lowest BCUT2D eigenvalue weighted by Gasteiger charge is -2.32. The van der Waals surface area contributed by atoms with Gasteiger partial charge < -0.3 is 10.1 Å². The van der Waals surface area contributed by atoms with Crippen LogP contribution in [0.4, 0.5) is 0 Å². The van der Waals surface area contributed by atoms with Crippen LogP contribution in [-0.4, -0.2) is 25.8 Å². The molecule has 1 saturated heterocycles. The molecule has 2 heteroatoms. The van der Waals surface area contributed by atoms with Crippen LogP contribution in [0.25, 0.3) is 0 Å². The molecule has 1 N–H and O–H groups in total. The predicted molar refractivity (Wildman–Crippen MR) is 65.1 cm³/mol. The minimum atomic E-state index is 0.489. The highest BCUT2D eigenvalue weighted by atomic mass is 16.5. The Morgan fingerprint density at radius 2 is 1.93 bits per heavy atom. The van der Waals surface area contributed by atoms with E-state index in [1.165, 1.54) is 19.3 Å². The maximum atomic E-state index is 5.80. The molecule has 0 aromatic rings. The molecule has 1 aliphatic rings. The second-order valence-corrected chi connectivity index (χ2v) is 4.66. The van der Waals surface area contributed by atoms with Crippen LogP contribution in [0.3, 0.4) is 0 Å². The summed E-state index contributed by atoms with van der Waals surface area (Å²) < 4.78 is 5.80. The number of ether oxygens (including phenoxy) is 1. The molecule has 3 unspecified atom stereocenters. The highest BCUT2D eigenvalue weighted by Gasteiger charge is 2.35. The molecule has 0 aromatic heterocycles. The lowest BCUT2D eigenvalue weighted by Crippen LogP contribution is -2.43. The molecule has 0 amide bonds. The average Bonchev–Trinajstić information content (AvgIpc) is 2.73. The van der Waals surface area contributed by atoms with Crippen LogP contribution in [0.2, 0.25) is 0 Å². The van der Waals surface area contributed by atoms with Gasteiger partial charge in [-0.2, -0.15) is 0 Å². The van der Waals surface area contributed by atoms with Crippen LogP contribution in [0, 0.1) is 11.8 Å². The normalized spacial score (nSPS) is 28.6. The van der Waals surface area contributed by atoms with Gasteiger partial charge in [-0.05, 0) is 25.8 Å². The van der Waals surface area contributed by atoms with Crippen molar-refractivity contribution in [3.05, 3.63) is 0 Å². The average molecular weight is 213 g/mol. The molecular formula is C13H27NO. The van der Waals surface area contributed by atoms with E-state index in [4.69, 9.17) is 4.74 Å². The topological polar surface area (TPSA) is 21.3 Å². The summed E-state index contributed by atoms with van der Waals surface area (Å²) in [6.07, 6.45) is 5.43. The van der Waals surface area contributed by atoms with E-state index in [0.29, 0.717) is 12.1 Å². The van der Waals surface area contributed by atoms with Crippen LogP contribution in [0.5, 0.6) is 0 Å². The van der Waals surface area contributed by atoms with Crippen molar-refractivity contribution < 1.29 is 4.74 Å². The van der Waals surface area contributed by atoms with Gasteiger partial charge in [0, 0.05) is 18.6 Å². The Hall–Kier alpha value is -0.0800. The van der Waals surface area contributed by atoms with Crippen molar-refractivity contribution in [2.24, 2.45) is 11.8 Å². The Morgan fingerprint density at radius 1 is 1.27 bits per heavy atom. The van der Waals surface area contributed by atoms with E-state index in [1.807, 2.05) is 0 Å². The van der Waals surface area contributed by atoms with Gasteiger partial charge in [-0.1, -0.05) is 33.6 Å². The van der Waals surface area contributed by atoms with Crippen molar-refractivity contribution in [3.8, 4) is 0 Å². The molecule has 1 fully saturated rings. The number of rotatable bonds is 6. The number of hydrogen-bond acceptors (Lipinski definition) is 2. The summed E-state index contributed by atoms with van der Waals surface area (Å²) in [7, 11) is 2.11. The first kappa shape index (κ1) is 13.0. The van der Waals surface area contributed by atoms with Crippen LogP contribution in [0.1, 0.15) is 46.5 Å². The first-order valence-corrected chi connectivity index (χ1v) is 6.57. The van der Waals surface area contributed by atoms with Crippen LogP contribution < -0.4 is 5.32 Å². The third-order valence-corrected chi connectivity index (χ3v) is 4.01. The van der Waals surface area contributed by atoms with Crippen molar-refractivity contribution in [2.75, 3.05) is 13.7 Å². The lowest BCUT2D eigenvalue weighted by atomic mass is 9.81. The molecule has 15 heavy (non-hydrogen) atoms. The third kappa shape index (κ3) is 2.94. The summed E-state index contributed by atoms with van der Waals surface area (Å²) >= 11 is 0. The third-order valence-electron chi connectivity index (χ3n) is 4.01. The minimum absolute atomic E-state index is 0.489. The molecule has 3 atom stereocenters.